The van der Waals surface area contributed by atoms with E-state index in [1.54, 1.807) is 16.9 Å². The van der Waals surface area contributed by atoms with Gasteiger partial charge >= 0.3 is 5.97 Å². The zero-order chi connectivity index (χ0) is 21.3. The molecule has 0 saturated heterocycles. The van der Waals surface area contributed by atoms with Crippen LogP contribution < -0.4 is 5.32 Å². The second kappa shape index (κ2) is 8.19. The molecule has 2 N–H and O–H groups in total. The highest BCUT2D eigenvalue weighted by molar-refractivity contribution is 9.10. The van der Waals surface area contributed by atoms with Gasteiger partial charge < -0.3 is 10.4 Å². The van der Waals surface area contributed by atoms with E-state index in [-0.39, 0.29) is 24.6 Å². The molecule has 0 aliphatic carbocycles. The number of nitrogens with one attached hydrogen (secondary N) is 1. The van der Waals surface area contributed by atoms with Crippen LogP contribution >= 0.6 is 15.9 Å². The number of nitrogens with zero attached hydrogens (tertiary/aromatic N) is 6. The lowest BCUT2D eigenvalue weighted by molar-refractivity contribution is -0.137. The van der Waals surface area contributed by atoms with E-state index in [1.807, 2.05) is 32.4 Å². The van der Waals surface area contributed by atoms with Crippen molar-refractivity contribution in [3.8, 4) is 0 Å². The highest BCUT2D eigenvalue weighted by atomic mass is 79.9. The number of rotatable bonds is 7. The van der Waals surface area contributed by atoms with Crippen molar-refractivity contribution >= 4 is 33.5 Å². The van der Waals surface area contributed by atoms with Crippen molar-refractivity contribution < 1.29 is 14.7 Å². The first-order chi connectivity index (χ1) is 13.7. The summed E-state index contributed by atoms with van der Waals surface area (Å²) < 4.78 is 6.02. The number of anilines is 1. The number of carbonyl (C=O) groups is 2. The lowest BCUT2D eigenvalue weighted by Crippen LogP contribution is -2.16. The van der Waals surface area contributed by atoms with Gasteiger partial charge in [-0.05, 0) is 49.7 Å². The maximum Gasteiger partial charge on any atom is 0.305 e. The minimum Gasteiger partial charge on any atom is -0.481 e. The number of carbonyl (C=O) groups excluding carboxylic acids is 1. The van der Waals surface area contributed by atoms with Crippen molar-refractivity contribution in [1.82, 2.24) is 29.3 Å². The molecular formula is C18H22BrN7O3. The molecule has 0 aliphatic heterocycles. The van der Waals surface area contributed by atoms with Crippen LogP contribution in [0, 0.1) is 27.7 Å². The van der Waals surface area contributed by atoms with Crippen LogP contribution in [0.4, 0.5) is 5.69 Å². The monoisotopic (exact) mass is 463 g/mol. The Morgan fingerprint density at radius 1 is 1.07 bits per heavy atom. The van der Waals surface area contributed by atoms with E-state index in [0.29, 0.717) is 18.1 Å². The fraction of sp³-hybridized carbons (Fsp3) is 0.389. The summed E-state index contributed by atoms with van der Waals surface area (Å²) in [6.07, 6.45) is 1.53. The van der Waals surface area contributed by atoms with Gasteiger partial charge in [0.25, 0.3) is 5.91 Å². The second-order valence-electron chi connectivity index (χ2n) is 6.73. The van der Waals surface area contributed by atoms with Gasteiger partial charge in [0, 0.05) is 6.20 Å². The molecule has 3 rings (SSSR count). The summed E-state index contributed by atoms with van der Waals surface area (Å²) >= 11 is 3.52. The quantitative estimate of drug-likeness (QED) is 0.555. The first-order valence-corrected chi connectivity index (χ1v) is 9.76. The Kier molecular flexibility index (Phi) is 5.87. The van der Waals surface area contributed by atoms with E-state index >= 15 is 0 Å². The summed E-state index contributed by atoms with van der Waals surface area (Å²) in [7, 11) is 0. The molecule has 0 radical (unpaired) electrons. The van der Waals surface area contributed by atoms with Gasteiger partial charge in [-0.2, -0.15) is 15.3 Å². The molecule has 0 aliphatic rings. The maximum absolute atomic E-state index is 12.6. The standard InChI is InChI=1S/C18H22BrN7O3/c1-10-16(19)12(3)25(21-10)9-26-13(4)17(11(2)22-26)20-18(29)14-5-7-24(23-14)8-6-15(27)28/h5,7H,6,8-9H2,1-4H3,(H,20,29)(H,27,28). The van der Waals surface area contributed by atoms with Crippen LogP contribution in [-0.4, -0.2) is 46.3 Å². The van der Waals surface area contributed by atoms with Crippen molar-refractivity contribution in [2.75, 3.05) is 5.32 Å². The Hall–Kier alpha value is -2.95. The van der Waals surface area contributed by atoms with Gasteiger partial charge in [-0.15, -0.1) is 0 Å². The molecule has 0 spiro atoms. The fourth-order valence-electron chi connectivity index (χ4n) is 2.95. The molecule has 0 bridgehead atoms. The summed E-state index contributed by atoms with van der Waals surface area (Å²) in [6, 6.07) is 1.56. The third-order valence-corrected chi connectivity index (χ3v) is 5.76. The Morgan fingerprint density at radius 2 is 1.72 bits per heavy atom. The molecule has 0 aromatic carbocycles. The van der Waals surface area contributed by atoms with Crippen molar-refractivity contribution in [2.24, 2.45) is 0 Å². The van der Waals surface area contributed by atoms with Crippen LogP contribution in [0.25, 0.3) is 0 Å². The topological polar surface area (TPSA) is 120 Å². The molecule has 3 aromatic heterocycles. The van der Waals surface area contributed by atoms with Crippen LogP contribution in [0.15, 0.2) is 16.7 Å². The number of aromatic nitrogens is 6. The number of hydrogen-bond acceptors (Lipinski definition) is 5. The SMILES string of the molecule is Cc1nn(Cn2nc(C)c(NC(=O)c3ccn(CCC(=O)O)n3)c2C)c(C)c1Br. The molecule has 0 atom stereocenters. The largest absolute Gasteiger partial charge is 0.481 e. The summed E-state index contributed by atoms with van der Waals surface area (Å²) in [6.45, 7) is 8.22. The van der Waals surface area contributed by atoms with E-state index in [2.05, 4.69) is 36.5 Å². The number of hydrogen-bond donors (Lipinski definition) is 2. The molecular weight excluding hydrogens is 442 g/mol. The maximum atomic E-state index is 12.6. The van der Waals surface area contributed by atoms with E-state index in [4.69, 9.17) is 5.11 Å². The van der Waals surface area contributed by atoms with E-state index in [0.717, 1.165) is 21.6 Å². The third-order valence-electron chi connectivity index (χ3n) is 4.61. The number of aliphatic carboxylic acids is 1. The van der Waals surface area contributed by atoms with Crippen LogP contribution in [0.5, 0.6) is 0 Å². The van der Waals surface area contributed by atoms with Gasteiger partial charge in [0.2, 0.25) is 0 Å². The summed E-state index contributed by atoms with van der Waals surface area (Å²) in [5, 5.41) is 24.8. The van der Waals surface area contributed by atoms with Gasteiger partial charge in [0.15, 0.2) is 5.69 Å². The lowest BCUT2D eigenvalue weighted by Gasteiger charge is -2.08. The zero-order valence-electron chi connectivity index (χ0n) is 16.6. The van der Waals surface area contributed by atoms with E-state index < -0.39 is 5.97 Å². The molecule has 3 heterocycles. The molecule has 0 unspecified atom stereocenters. The van der Waals surface area contributed by atoms with Crippen molar-refractivity contribution in [1.29, 1.82) is 0 Å². The normalized spacial score (nSPS) is 11.1. The Balaban J connectivity index is 1.75. The third kappa shape index (κ3) is 4.39. The summed E-state index contributed by atoms with van der Waals surface area (Å²) in [5.74, 6) is -1.29. The average Bonchev–Trinajstić information content (AvgIpc) is 3.31. The molecule has 11 heteroatoms. The number of halogens is 1. The molecule has 0 fully saturated rings. The van der Waals surface area contributed by atoms with Gasteiger partial charge in [-0.3, -0.25) is 14.3 Å². The smallest absolute Gasteiger partial charge is 0.305 e. The Labute approximate surface area is 175 Å². The number of carboxylic acids is 1. The van der Waals surface area contributed by atoms with Gasteiger partial charge in [-0.25, -0.2) is 9.36 Å². The van der Waals surface area contributed by atoms with Crippen molar-refractivity contribution in [3.63, 3.8) is 0 Å². The Bertz CT molecular complexity index is 1080. The highest BCUT2D eigenvalue weighted by Crippen LogP contribution is 2.23. The first-order valence-electron chi connectivity index (χ1n) is 8.97. The van der Waals surface area contributed by atoms with Crippen LogP contribution in [0.1, 0.15) is 39.7 Å². The Morgan fingerprint density at radius 3 is 2.34 bits per heavy atom. The van der Waals surface area contributed by atoms with Crippen molar-refractivity contribution in [3.05, 3.63) is 45.2 Å². The predicted octanol–water partition coefficient (Wildman–Crippen LogP) is 2.51. The molecule has 154 valence electrons. The van der Waals surface area contributed by atoms with Crippen LogP contribution in [0.2, 0.25) is 0 Å². The zero-order valence-corrected chi connectivity index (χ0v) is 18.2. The van der Waals surface area contributed by atoms with Crippen molar-refractivity contribution in [2.45, 2.75) is 47.3 Å². The lowest BCUT2D eigenvalue weighted by atomic mass is 10.3. The predicted molar refractivity (Wildman–Crippen MR) is 109 cm³/mol. The minimum atomic E-state index is -0.917. The number of amides is 1. The molecule has 29 heavy (non-hydrogen) atoms. The first kappa shape index (κ1) is 20.8. The number of aryl methyl sites for hydroxylation is 3. The highest BCUT2D eigenvalue weighted by Gasteiger charge is 2.18. The van der Waals surface area contributed by atoms with Gasteiger partial charge in [-0.1, -0.05) is 0 Å². The molecule has 0 saturated carbocycles. The minimum absolute atomic E-state index is 0.0594. The molecule has 3 aromatic rings. The van der Waals surface area contributed by atoms with Crippen LogP contribution in [-0.2, 0) is 18.0 Å². The van der Waals surface area contributed by atoms with Gasteiger partial charge in [0.1, 0.15) is 6.67 Å². The summed E-state index contributed by atoms with van der Waals surface area (Å²) in [4.78, 5) is 23.2. The van der Waals surface area contributed by atoms with E-state index in [9.17, 15) is 9.59 Å². The van der Waals surface area contributed by atoms with E-state index in [1.165, 1.54) is 4.68 Å². The van der Waals surface area contributed by atoms with Gasteiger partial charge in [0.05, 0.1) is 45.9 Å². The number of carboxylic acid groups (broad SMARTS) is 1. The molecule has 10 nitrogen and oxygen atoms in total. The average molecular weight is 464 g/mol. The molecule has 1 amide bonds. The fourth-order valence-corrected chi connectivity index (χ4v) is 3.23. The van der Waals surface area contributed by atoms with Crippen LogP contribution in [0.3, 0.4) is 0 Å². The second-order valence-corrected chi connectivity index (χ2v) is 7.53. The summed E-state index contributed by atoms with van der Waals surface area (Å²) in [5.41, 5.74) is 4.20.